The average Bonchev–Trinajstić information content (AvgIpc) is 2.19. The standard InChI is InChI=1S/C9H10NO2P/c11-7-10-9(6-13-12)8-4-2-1-3-5-8/h1-5,7,9H,6H2,(H,10,11). The van der Waals surface area contributed by atoms with Crippen LogP contribution in [0.3, 0.4) is 0 Å². The Kier molecular flexibility index (Phi) is 4.13. The normalized spacial score (nSPS) is 12.3. The highest BCUT2D eigenvalue weighted by Crippen LogP contribution is 2.15. The van der Waals surface area contributed by atoms with E-state index in [0.717, 1.165) is 5.56 Å². The Labute approximate surface area is 78.4 Å². The van der Waals surface area contributed by atoms with Crippen LogP contribution in [0.25, 0.3) is 0 Å². The van der Waals surface area contributed by atoms with Crippen LogP contribution in [0.5, 0.6) is 0 Å². The average molecular weight is 195 g/mol. The fraction of sp³-hybridized carbons (Fsp3) is 0.222. The van der Waals surface area contributed by atoms with E-state index in [4.69, 9.17) is 0 Å². The summed E-state index contributed by atoms with van der Waals surface area (Å²) in [4.78, 5) is 10.2. The van der Waals surface area contributed by atoms with Gasteiger partial charge in [0, 0.05) is 0 Å². The van der Waals surface area contributed by atoms with Gasteiger partial charge in [-0.1, -0.05) is 30.3 Å². The summed E-state index contributed by atoms with van der Waals surface area (Å²) in [5.74, 6) is 0. The third kappa shape index (κ3) is 2.96. The highest BCUT2D eigenvalue weighted by atomic mass is 31.1. The van der Waals surface area contributed by atoms with E-state index in [-0.39, 0.29) is 14.5 Å². The zero-order chi connectivity index (χ0) is 9.52. The molecule has 1 unspecified atom stereocenters. The summed E-state index contributed by atoms with van der Waals surface area (Å²) in [7, 11) is 0.0376. The molecule has 68 valence electrons. The zero-order valence-corrected chi connectivity index (χ0v) is 7.91. The lowest BCUT2D eigenvalue weighted by Crippen LogP contribution is -2.20. The largest absolute Gasteiger partial charge is 0.351 e. The van der Waals surface area contributed by atoms with Crippen LogP contribution in [-0.2, 0) is 9.36 Å². The number of hydrogen-bond donors (Lipinski definition) is 1. The maximum Gasteiger partial charge on any atom is 0.207 e. The summed E-state index contributed by atoms with van der Waals surface area (Å²) in [5.41, 5.74) is 0.970. The third-order valence-electron chi connectivity index (χ3n) is 1.73. The topological polar surface area (TPSA) is 46.2 Å². The van der Waals surface area contributed by atoms with Crippen molar-refractivity contribution in [3.05, 3.63) is 35.9 Å². The second kappa shape index (κ2) is 5.44. The van der Waals surface area contributed by atoms with Crippen molar-refractivity contribution in [3.63, 3.8) is 0 Å². The van der Waals surface area contributed by atoms with E-state index in [9.17, 15) is 9.36 Å². The molecule has 0 aliphatic heterocycles. The first-order chi connectivity index (χ1) is 6.38. The predicted molar refractivity (Wildman–Crippen MR) is 50.9 cm³/mol. The van der Waals surface area contributed by atoms with Gasteiger partial charge in [0.2, 0.25) is 6.41 Å². The molecule has 0 heterocycles. The lowest BCUT2D eigenvalue weighted by molar-refractivity contribution is -0.110. The molecule has 0 aromatic heterocycles. The summed E-state index contributed by atoms with van der Waals surface area (Å²) in [5, 5.41) is 2.61. The molecule has 1 N–H and O–H groups in total. The number of nitrogens with one attached hydrogen (secondary N) is 1. The molecular weight excluding hydrogens is 185 g/mol. The summed E-state index contributed by atoms with van der Waals surface area (Å²) < 4.78 is 10.4. The number of amides is 1. The Balaban J connectivity index is 2.75. The van der Waals surface area contributed by atoms with Crippen molar-refractivity contribution in [2.75, 3.05) is 6.16 Å². The molecule has 0 saturated heterocycles. The van der Waals surface area contributed by atoms with Crippen molar-refractivity contribution < 1.29 is 9.36 Å². The van der Waals surface area contributed by atoms with E-state index in [1.165, 1.54) is 0 Å². The number of rotatable bonds is 5. The van der Waals surface area contributed by atoms with E-state index >= 15 is 0 Å². The van der Waals surface area contributed by atoms with E-state index in [2.05, 4.69) is 5.32 Å². The third-order valence-corrected chi connectivity index (χ3v) is 2.24. The summed E-state index contributed by atoms with van der Waals surface area (Å²) >= 11 is 0. The van der Waals surface area contributed by atoms with Crippen molar-refractivity contribution in [3.8, 4) is 0 Å². The molecule has 1 aromatic rings. The highest BCUT2D eigenvalue weighted by Gasteiger charge is 2.08. The molecule has 13 heavy (non-hydrogen) atoms. The van der Waals surface area contributed by atoms with Crippen molar-refractivity contribution in [2.45, 2.75) is 6.04 Å². The van der Waals surface area contributed by atoms with Gasteiger partial charge in [-0.05, 0) is 5.56 Å². The van der Waals surface area contributed by atoms with Gasteiger partial charge in [0.1, 0.15) is 0 Å². The number of carbonyl (C=O) groups is 1. The minimum Gasteiger partial charge on any atom is -0.351 e. The monoisotopic (exact) mass is 195 g/mol. The molecule has 0 saturated carbocycles. The van der Waals surface area contributed by atoms with Crippen LogP contribution in [-0.4, -0.2) is 12.6 Å². The van der Waals surface area contributed by atoms with Gasteiger partial charge in [0.05, 0.1) is 12.2 Å². The number of hydrogen-bond acceptors (Lipinski definition) is 2. The predicted octanol–water partition coefficient (Wildman–Crippen LogP) is 1.77. The van der Waals surface area contributed by atoms with Gasteiger partial charge in [-0.15, -0.1) is 0 Å². The van der Waals surface area contributed by atoms with E-state index < -0.39 is 0 Å². The smallest absolute Gasteiger partial charge is 0.207 e. The van der Waals surface area contributed by atoms with Gasteiger partial charge >= 0.3 is 0 Å². The maximum absolute atomic E-state index is 10.4. The van der Waals surface area contributed by atoms with Gasteiger partial charge < -0.3 is 5.32 Å². The van der Waals surface area contributed by atoms with Crippen LogP contribution in [0.2, 0.25) is 0 Å². The zero-order valence-electron chi connectivity index (χ0n) is 7.01. The van der Waals surface area contributed by atoms with Gasteiger partial charge in [-0.3, -0.25) is 9.36 Å². The molecule has 0 radical (unpaired) electrons. The maximum atomic E-state index is 10.4. The van der Waals surface area contributed by atoms with Gasteiger partial charge in [-0.2, -0.15) is 0 Å². The Hall–Kier alpha value is -1.21. The molecule has 1 aromatic carbocycles. The molecule has 0 aliphatic carbocycles. The van der Waals surface area contributed by atoms with Crippen LogP contribution in [0.15, 0.2) is 30.3 Å². The molecule has 1 rings (SSSR count). The number of carbonyl (C=O) groups excluding carboxylic acids is 1. The van der Waals surface area contributed by atoms with Gasteiger partial charge in [0.15, 0.2) is 8.46 Å². The second-order valence-electron chi connectivity index (χ2n) is 2.56. The van der Waals surface area contributed by atoms with Crippen molar-refractivity contribution in [1.29, 1.82) is 0 Å². The molecule has 0 bridgehead atoms. The minimum absolute atomic E-state index is 0.0376. The van der Waals surface area contributed by atoms with Crippen LogP contribution in [0.4, 0.5) is 0 Å². The lowest BCUT2D eigenvalue weighted by atomic mass is 10.1. The Morgan fingerprint density at radius 1 is 1.38 bits per heavy atom. The lowest BCUT2D eigenvalue weighted by Gasteiger charge is -2.12. The van der Waals surface area contributed by atoms with E-state index in [1.807, 2.05) is 30.3 Å². The molecular formula is C9H10NO2P. The van der Waals surface area contributed by atoms with Crippen LogP contribution >= 0.6 is 8.46 Å². The molecule has 1 amide bonds. The Morgan fingerprint density at radius 2 is 2.08 bits per heavy atom. The summed E-state index contributed by atoms with van der Waals surface area (Å²) in [6.45, 7) is 0. The Bertz CT molecular complexity index is 266. The second-order valence-corrected chi connectivity index (χ2v) is 3.18. The first kappa shape index (κ1) is 9.87. The van der Waals surface area contributed by atoms with Crippen molar-refractivity contribution in [2.24, 2.45) is 0 Å². The van der Waals surface area contributed by atoms with Gasteiger partial charge in [0.25, 0.3) is 0 Å². The van der Waals surface area contributed by atoms with E-state index in [0.29, 0.717) is 12.6 Å². The summed E-state index contributed by atoms with van der Waals surface area (Å²) in [6, 6.07) is 9.31. The molecule has 3 nitrogen and oxygen atoms in total. The highest BCUT2D eigenvalue weighted by molar-refractivity contribution is 7.23. The SMILES string of the molecule is O=CNC(CP=O)c1ccccc1. The summed E-state index contributed by atoms with van der Waals surface area (Å²) in [6.07, 6.45) is 1.03. The van der Waals surface area contributed by atoms with Crippen molar-refractivity contribution in [1.82, 2.24) is 5.32 Å². The Morgan fingerprint density at radius 3 is 2.62 bits per heavy atom. The fourth-order valence-electron chi connectivity index (χ4n) is 1.10. The molecule has 0 spiro atoms. The quantitative estimate of drug-likeness (QED) is 0.574. The fourth-order valence-corrected chi connectivity index (χ4v) is 1.56. The van der Waals surface area contributed by atoms with Crippen LogP contribution in [0.1, 0.15) is 11.6 Å². The van der Waals surface area contributed by atoms with Crippen LogP contribution < -0.4 is 5.32 Å². The molecule has 0 fully saturated rings. The molecule has 0 aliphatic rings. The molecule has 4 heteroatoms. The van der Waals surface area contributed by atoms with Crippen LogP contribution in [0, 0.1) is 0 Å². The van der Waals surface area contributed by atoms with Gasteiger partial charge in [-0.25, -0.2) is 0 Å². The van der Waals surface area contributed by atoms with Crippen molar-refractivity contribution >= 4 is 14.9 Å². The molecule has 1 atom stereocenters. The minimum atomic E-state index is -0.155. The van der Waals surface area contributed by atoms with E-state index in [1.54, 1.807) is 0 Å². The first-order valence-corrected chi connectivity index (χ1v) is 4.92. The first-order valence-electron chi connectivity index (χ1n) is 3.92. The number of benzene rings is 1.